The quantitative estimate of drug-likeness (QED) is 0.765. The Bertz CT molecular complexity index is 707. The van der Waals surface area contributed by atoms with Crippen LogP contribution in [0.1, 0.15) is 35.9 Å². The Hall–Kier alpha value is -1.31. The van der Waals surface area contributed by atoms with Crippen molar-refractivity contribution < 1.29 is 14.3 Å². The minimum absolute atomic E-state index is 0.0851. The lowest BCUT2D eigenvalue weighted by Crippen LogP contribution is -2.37. The predicted molar refractivity (Wildman–Crippen MR) is 90.6 cm³/mol. The number of carbonyl (C=O) groups is 1. The molecule has 0 radical (unpaired) electrons. The Morgan fingerprint density at radius 3 is 2.79 bits per heavy atom. The molecule has 1 atom stereocenters. The van der Waals surface area contributed by atoms with Crippen LogP contribution in [0.3, 0.4) is 0 Å². The minimum atomic E-state index is -0.488. The molecule has 3 aliphatic rings. The second-order valence-electron chi connectivity index (χ2n) is 6.61. The van der Waals surface area contributed by atoms with E-state index in [0.29, 0.717) is 11.7 Å². The zero-order valence-electron chi connectivity index (χ0n) is 13.8. The Kier molecular flexibility index (Phi) is 4.40. The first kappa shape index (κ1) is 16.2. The van der Waals surface area contributed by atoms with Gasteiger partial charge in [0, 0.05) is 31.5 Å². The van der Waals surface area contributed by atoms with Crippen LogP contribution < -0.4 is 5.56 Å². The molecular formula is C17H22N2O4S. The van der Waals surface area contributed by atoms with Gasteiger partial charge < -0.3 is 9.47 Å². The maximum atomic E-state index is 12.7. The van der Waals surface area contributed by atoms with E-state index >= 15 is 0 Å². The Morgan fingerprint density at radius 2 is 2.12 bits per heavy atom. The number of esters is 1. The molecule has 2 fully saturated rings. The highest BCUT2D eigenvalue weighted by molar-refractivity contribution is 7.99. The van der Waals surface area contributed by atoms with Crippen LogP contribution in [0.2, 0.25) is 0 Å². The normalized spacial score (nSPS) is 24.0. The number of hydrogen-bond donors (Lipinski definition) is 0. The number of ether oxygens (including phenoxy) is 2. The molecule has 130 valence electrons. The summed E-state index contributed by atoms with van der Waals surface area (Å²) in [5, 5.41) is 0.989. The van der Waals surface area contributed by atoms with Crippen LogP contribution in [0, 0.1) is 0 Å². The van der Waals surface area contributed by atoms with Crippen LogP contribution in [-0.2, 0) is 20.8 Å². The average molecular weight is 350 g/mol. The smallest absolute Gasteiger partial charge is 0.329 e. The van der Waals surface area contributed by atoms with Gasteiger partial charge in [-0.25, -0.2) is 4.79 Å². The number of aromatic nitrogens is 1. The Labute approximate surface area is 145 Å². The first-order valence-electron chi connectivity index (χ1n) is 8.48. The summed E-state index contributed by atoms with van der Waals surface area (Å²) in [7, 11) is 1.38. The summed E-state index contributed by atoms with van der Waals surface area (Å²) < 4.78 is 12.0. The summed E-state index contributed by atoms with van der Waals surface area (Å²) in [6.45, 7) is 4.10. The van der Waals surface area contributed by atoms with Crippen molar-refractivity contribution in [3.8, 4) is 0 Å². The van der Waals surface area contributed by atoms with E-state index in [0.717, 1.165) is 43.4 Å². The van der Waals surface area contributed by atoms with Gasteiger partial charge in [-0.15, -0.1) is 11.8 Å². The van der Waals surface area contributed by atoms with Gasteiger partial charge in [0.25, 0.3) is 5.56 Å². The van der Waals surface area contributed by atoms with Crippen molar-refractivity contribution in [2.24, 2.45) is 0 Å². The van der Waals surface area contributed by atoms with Crippen LogP contribution >= 0.6 is 11.8 Å². The van der Waals surface area contributed by atoms with Crippen LogP contribution in [-0.4, -0.2) is 54.6 Å². The van der Waals surface area contributed by atoms with Crippen molar-refractivity contribution in [2.45, 2.75) is 36.4 Å². The van der Waals surface area contributed by atoms with Crippen molar-refractivity contribution in [1.82, 2.24) is 9.47 Å². The average Bonchev–Trinajstić information content (AvgIpc) is 3.32. The molecule has 1 aliphatic carbocycles. The number of methoxy groups -OCH3 is 1. The second-order valence-corrected chi connectivity index (χ2v) is 7.62. The van der Waals surface area contributed by atoms with Gasteiger partial charge in [0.2, 0.25) is 0 Å². The minimum Gasteiger partial charge on any atom is -0.467 e. The topological polar surface area (TPSA) is 60.8 Å². The molecule has 4 rings (SSSR count). The lowest BCUT2D eigenvalue weighted by Gasteiger charge is -2.28. The summed E-state index contributed by atoms with van der Waals surface area (Å²) in [6.07, 6.45) is 2.34. The SMILES string of the molecule is COC(=O)[C@@H]1CSc2c(C3CC3)c(CN3CCOCC3)cc(=O)n21. The number of nitrogens with zero attached hydrogens (tertiary/aromatic N) is 2. The molecule has 1 saturated heterocycles. The molecule has 0 aromatic carbocycles. The van der Waals surface area contributed by atoms with Crippen LogP contribution in [0.25, 0.3) is 0 Å². The summed E-state index contributed by atoms with van der Waals surface area (Å²) in [6, 6.07) is 1.26. The standard InChI is InChI=1S/C17H22N2O4S/c1-22-17(21)13-10-24-16-15(11-2-3-11)12(8-14(20)19(13)16)9-18-4-6-23-7-5-18/h8,11,13H,2-7,9-10H2,1H3/t13-/m0/s1. The molecule has 3 heterocycles. The van der Waals surface area contributed by atoms with Gasteiger partial charge in [-0.05, 0) is 29.9 Å². The van der Waals surface area contributed by atoms with Crippen LogP contribution in [0.5, 0.6) is 0 Å². The molecule has 0 amide bonds. The molecule has 2 aliphatic heterocycles. The van der Waals surface area contributed by atoms with Crippen molar-refractivity contribution in [3.05, 3.63) is 27.5 Å². The Balaban J connectivity index is 1.72. The number of carbonyl (C=O) groups excluding carboxylic acids is 1. The Morgan fingerprint density at radius 1 is 1.38 bits per heavy atom. The van der Waals surface area contributed by atoms with Gasteiger partial charge in [0.15, 0.2) is 0 Å². The molecule has 6 nitrogen and oxygen atoms in total. The second kappa shape index (κ2) is 6.54. The third kappa shape index (κ3) is 2.89. The van der Waals surface area contributed by atoms with Gasteiger partial charge in [0.1, 0.15) is 6.04 Å². The van der Waals surface area contributed by atoms with Crippen molar-refractivity contribution in [3.63, 3.8) is 0 Å². The van der Waals surface area contributed by atoms with Crippen molar-refractivity contribution >= 4 is 17.7 Å². The summed E-state index contributed by atoms with van der Waals surface area (Å²) in [5.41, 5.74) is 2.34. The van der Waals surface area contributed by atoms with E-state index in [-0.39, 0.29) is 11.5 Å². The zero-order chi connectivity index (χ0) is 16.7. The van der Waals surface area contributed by atoms with Crippen molar-refractivity contribution in [1.29, 1.82) is 0 Å². The van der Waals surface area contributed by atoms with Crippen LogP contribution in [0.4, 0.5) is 0 Å². The van der Waals surface area contributed by atoms with Gasteiger partial charge in [-0.3, -0.25) is 14.3 Å². The number of pyridine rings is 1. The highest BCUT2D eigenvalue weighted by Gasteiger charge is 2.38. The first-order valence-corrected chi connectivity index (χ1v) is 9.46. The van der Waals surface area contributed by atoms with Crippen LogP contribution in [0.15, 0.2) is 15.9 Å². The maximum Gasteiger partial charge on any atom is 0.329 e. The third-order valence-electron chi connectivity index (χ3n) is 4.98. The number of thioether (sulfide) groups is 1. The molecule has 0 bridgehead atoms. The third-order valence-corrected chi connectivity index (χ3v) is 6.15. The zero-order valence-corrected chi connectivity index (χ0v) is 14.6. The fraction of sp³-hybridized carbons (Fsp3) is 0.647. The van der Waals surface area contributed by atoms with E-state index in [1.165, 1.54) is 25.5 Å². The highest BCUT2D eigenvalue weighted by Crippen LogP contribution is 2.48. The summed E-state index contributed by atoms with van der Waals surface area (Å²) in [5.74, 6) is 0.792. The van der Waals surface area contributed by atoms with E-state index < -0.39 is 6.04 Å². The summed E-state index contributed by atoms with van der Waals surface area (Å²) in [4.78, 5) is 27.1. The molecule has 1 saturated carbocycles. The number of fused-ring (bicyclic) bond motifs is 1. The van der Waals surface area contributed by atoms with E-state index in [4.69, 9.17) is 9.47 Å². The molecule has 1 aromatic rings. The monoisotopic (exact) mass is 350 g/mol. The lowest BCUT2D eigenvalue weighted by atomic mass is 10.0. The first-order chi connectivity index (χ1) is 11.7. The van der Waals surface area contributed by atoms with E-state index in [2.05, 4.69) is 4.90 Å². The van der Waals surface area contributed by atoms with Crippen molar-refractivity contribution in [2.75, 3.05) is 39.2 Å². The van der Waals surface area contributed by atoms with Gasteiger partial charge in [0.05, 0.1) is 25.3 Å². The number of hydrogen-bond acceptors (Lipinski definition) is 6. The van der Waals surface area contributed by atoms with Gasteiger partial charge >= 0.3 is 5.97 Å². The molecule has 0 N–H and O–H groups in total. The molecule has 1 aromatic heterocycles. The predicted octanol–water partition coefficient (Wildman–Crippen LogP) is 1.38. The number of morpholine rings is 1. The molecule has 0 unspecified atom stereocenters. The largest absolute Gasteiger partial charge is 0.467 e. The van der Waals surface area contributed by atoms with E-state index in [1.807, 2.05) is 0 Å². The fourth-order valence-electron chi connectivity index (χ4n) is 3.59. The van der Waals surface area contributed by atoms with E-state index in [9.17, 15) is 9.59 Å². The van der Waals surface area contributed by atoms with Gasteiger partial charge in [-0.2, -0.15) is 0 Å². The lowest BCUT2D eigenvalue weighted by molar-refractivity contribution is -0.143. The molecular weight excluding hydrogens is 328 g/mol. The van der Waals surface area contributed by atoms with Gasteiger partial charge in [-0.1, -0.05) is 0 Å². The molecule has 0 spiro atoms. The van der Waals surface area contributed by atoms with E-state index in [1.54, 1.807) is 22.4 Å². The highest BCUT2D eigenvalue weighted by atomic mass is 32.2. The molecule has 24 heavy (non-hydrogen) atoms. The number of rotatable bonds is 4. The summed E-state index contributed by atoms with van der Waals surface area (Å²) >= 11 is 1.62. The molecule has 7 heteroatoms. The maximum absolute atomic E-state index is 12.7. The fourth-order valence-corrected chi connectivity index (χ4v) is 5.00.